The Morgan fingerprint density at radius 2 is 1.97 bits per heavy atom. The number of nitrogens with one attached hydrogen (secondary N) is 3. The van der Waals surface area contributed by atoms with E-state index >= 15 is 0 Å². The number of amides is 2. The summed E-state index contributed by atoms with van der Waals surface area (Å²) in [5.74, 6) is -0.923. The van der Waals surface area contributed by atoms with Crippen LogP contribution in [0.2, 0.25) is 0 Å². The maximum atomic E-state index is 12.7. The topological polar surface area (TPSA) is 130 Å². The number of aromatic nitrogens is 2. The molecule has 29 heavy (non-hydrogen) atoms. The Labute approximate surface area is 167 Å². The van der Waals surface area contributed by atoms with Crippen LogP contribution in [0.15, 0.2) is 62.5 Å². The lowest BCUT2D eigenvalue weighted by Crippen LogP contribution is -2.11. The van der Waals surface area contributed by atoms with Gasteiger partial charge < -0.3 is 15.1 Å². The van der Waals surface area contributed by atoms with Crippen molar-refractivity contribution >= 4 is 33.8 Å². The molecular weight excluding hydrogens is 396 g/mol. The van der Waals surface area contributed by atoms with Gasteiger partial charge in [0.25, 0.3) is 11.8 Å². The maximum Gasteiger partial charge on any atom is 0.439 e. The van der Waals surface area contributed by atoms with Crippen molar-refractivity contribution in [2.24, 2.45) is 0 Å². The number of carbonyl (C=O) groups excluding carboxylic acids is 2. The third-order valence-electron chi connectivity index (χ3n) is 3.94. The summed E-state index contributed by atoms with van der Waals surface area (Å²) in [4.78, 5) is 38.8. The molecule has 0 spiro atoms. The molecule has 3 aromatic heterocycles. The highest BCUT2D eigenvalue weighted by Gasteiger charge is 2.17. The molecule has 9 nitrogen and oxygen atoms in total. The maximum absolute atomic E-state index is 12.7. The molecule has 0 bridgehead atoms. The van der Waals surface area contributed by atoms with Gasteiger partial charge in [-0.1, -0.05) is 17.3 Å². The van der Waals surface area contributed by atoms with E-state index in [0.717, 1.165) is 16.9 Å². The average molecular weight is 410 g/mol. The first kappa shape index (κ1) is 18.4. The summed E-state index contributed by atoms with van der Waals surface area (Å²) in [7, 11) is 0. The smallest absolute Gasteiger partial charge is 0.439 e. The summed E-state index contributed by atoms with van der Waals surface area (Å²) in [6.45, 7) is 1.78. The molecule has 0 aliphatic rings. The van der Waals surface area contributed by atoms with Gasteiger partial charge in [-0.3, -0.25) is 19.1 Å². The number of nitrogens with zero attached hydrogens (tertiary/aromatic N) is 1. The summed E-state index contributed by atoms with van der Waals surface area (Å²) < 4.78 is 9.56. The number of benzene rings is 1. The van der Waals surface area contributed by atoms with E-state index in [9.17, 15) is 14.4 Å². The molecule has 0 aliphatic carbocycles. The fourth-order valence-corrected chi connectivity index (χ4v) is 3.60. The number of hydrogen-bond acceptors (Lipinski definition) is 7. The Morgan fingerprint density at radius 3 is 2.69 bits per heavy atom. The molecule has 3 N–H and O–H groups in total. The van der Waals surface area contributed by atoms with Gasteiger partial charge in [0.15, 0.2) is 11.6 Å². The molecule has 0 fully saturated rings. The molecule has 10 heteroatoms. The number of rotatable bonds is 5. The lowest BCUT2D eigenvalue weighted by Gasteiger charge is -2.05. The van der Waals surface area contributed by atoms with Crippen LogP contribution >= 0.6 is 11.3 Å². The largest absolute Gasteiger partial charge is 0.459 e. The molecule has 4 aromatic rings. The van der Waals surface area contributed by atoms with E-state index in [0.29, 0.717) is 21.1 Å². The highest BCUT2D eigenvalue weighted by molar-refractivity contribution is 7.18. The van der Waals surface area contributed by atoms with Crippen LogP contribution in [0, 0.1) is 6.92 Å². The molecule has 0 aliphatic heterocycles. The van der Waals surface area contributed by atoms with Crippen molar-refractivity contribution in [3.63, 3.8) is 0 Å². The van der Waals surface area contributed by atoms with Crippen LogP contribution in [0.25, 0.3) is 11.4 Å². The van der Waals surface area contributed by atoms with E-state index in [4.69, 9.17) is 4.42 Å². The number of furan rings is 1. The molecule has 0 saturated carbocycles. The van der Waals surface area contributed by atoms with E-state index in [2.05, 4.69) is 25.3 Å². The van der Waals surface area contributed by atoms with Crippen molar-refractivity contribution < 1.29 is 18.5 Å². The van der Waals surface area contributed by atoms with Crippen molar-refractivity contribution in [2.45, 2.75) is 6.92 Å². The Bertz CT molecular complexity index is 1240. The van der Waals surface area contributed by atoms with Crippen molar-refractivity contribution in [1.82, 2.24) is 10.1 Å². The number of carbonyl (C=O) groups is 2. The monoisotopic (exact) mass is 410 g/mol. The number of aryl methyl sites for hydroxylation is 1. The highest BCUT2D eigenvalue weighted by Crippen LogP contribution is 2.28. The zero-order valence-corrected chi connectivity index (χ0v) is 15.8. The number of thiophene rings is 1. The Balaban J connectivity index is 1.50. The predicted octanol–water partition coefficient (Wildman–Crippen LogP) is 3.50. The fraction of sp³-hybridized carbons (Fsp3) is 0.0526. The standard InChI is InChI=1S/C19H14N4O5S/c1-10-8-14(21-17(24)13-6-3-7-27-13)29-15(10)18(25)20-12-5-2-4-11(9-12)16-22-19(26)28-23-16/h2-9H,1H3,(H,20,25)(H,21,24)(H,22,23,26). The molecule has 0 saturated heterocycles. The molecule has 3 heterocycles. The minimum Gasteiger partial charge on any atom is -0.459 e. The van der Waals surface area contributed by atoms with E-state index in [1.165, 1.54) is 6.26 Å². The van der Waals surface area contributed by atoms with Gasteiger partial charge in [-0.05, 0) is 42.8 Å². The summed E-state index contributed by atoms with van der Waals surface area (Å²) in [5.41, 5.74) is 1.83. The van der Waals surface area contributed by atoms with E-state index < -0.39 is 11.7 Å². The van der Waals surface area contributed by atoms with E-state index in [1.807, 2.05) is 0 Å². The molecule has 4 rings (SSSR count). The molecule has 0 atom stereocenters. The van der Waals surface area contributed by atoms with Crippen molar-refractivity contribution in [3.8, 4) is 11.4 Å². The Hall–Kier alpha value is -3.92. The predicted molar refractivity (Wildman–Crippen MR) is 106 cm³/mol. The number of anilines is 2. The van der Waals surface area contributed by atoms with Gasteiger partial charge in [-0.15, -0.1) is 11.3 Å². The quantitative estimate of drug-likeness (QED) is 0.462. The van der Waals surface area contributed by atoms with Crippen molar-refractivity contribution in [1.29, 1.82) is 0 Å². The fourth-order valence-electron chi connectivity index (χ4n) is 2.64. The third-order valence-corrected chi connectivity index (χ3v) is 5.09. The SMILES string of the molecule is Cc1cc(NC(=O)c2ccco2)sc1C(=O)Nc1cccc(-c2noc(=O)[nH]2)c1. The van der Waals surface area contributed by atoms with E-state index in [1.54, 1.807) is 49.4 Å². The van der Waals surface area contributed by atoms with Gasteiger partial charge in [0, 0.05) is 11.3 Å². The lowest BCUT2D eigenvalue weighted by molar-refractivity contribution is 0.0995. The van der Waals surface area contributed by atoms with Gasteiger partial charge in [0.2, 0.25) is 0 Å². The molecule has 0 unspecified atom stereocenters. The molecule has 0 radical (unpaired) electrons. The summed E-state index contributed by atoms with van der Waals surface area (Å²) in [6.07, 6.45) is 1.41. The van der Waals surface area contributed by atoms with Crippen LogP contribution in [0.4, 0.5) is 10.7 Å². The van der Waals surface area contributed by atoms with Gasteiger partial charge in [0.1, 0.15) is 0 Å². The van der Waals surface area contributed by atoms with Crippen molar-refractivity contribution in [2.75, 3.05) is 10.6 Å². The second-order valence-corrected chi connectivity index (χ2v) is 7.08. The number of hydrogen-bond donors (Lipinski definition) is 3. The molecule has 146 valence electrons. The van der Waals surface area contributed by atoms with Gasteiger partial charge >= 0.3 is 5.76 Å². The van der Waals surface area contributed by atoms with Crippen LogP contribution < -0.4 is 16.4 Å². The minimum atomic E-state index is -0.659. The lowest BCUT2D eigenvalue weighted by atomic mass is 10.2. The highest BCUT2D eigenvalue weighted by atomic mass is 32.1. The molecular formula is C19H14N4O5S. The van der Waals surface area contributed by atoms with Gasteiger partial charge in [-0.25, -0.2) is 4.79 Å². The van der Waals surface area contributed by atoms with Gasteiger partial charge in [0.05, 0.1) is 16.1 Å². The van der Waals surface area contributed by atoms with Crippen molar-refractivity contribution in [3.05, 3.63) is 75.5 Å². The Kier molecular flexibility index (Phi) is 4.83. The normalized spacial score (nSPS) is 10.7. The summed E-state index contributed by atoms with van der Waals surface area (Å²) in [5, 5.41) is 9.67. The number of H-pyrrole nitrogens is 1. The van der Waals surface area contributed by atoms with Crippen LogP contribution in [-0.2, 0) is 0 Å². The third kappa shape index (κ3) is 4.01. The second-order valence-electron chi connectivity index (χ2n) is 6.03. The van der Waals surface area contributed by atoms with Crippen LogP contribution in [0.5, 0.6) is 0 Å². The van der Waals surface area contributed by atoms with Gasteiger partial charge in [-0.2, -0.15) is 0 Å². The molecule has 1 aromatic carbocycles. The number of aromatic amines is 1. The van der Waals surface area contributed by atoms with Crippen LogP contribution in [0.1, 0.15) is 25.8 Å². The second kappa shape index (κ2) is 7.60. The first-order valence-electron chi connectivity index (χ1n) is 8.42. The zero-order valence-electron chi connectivity index (χ0n) is 15.0. The first-order valence-corrected chi connectivity index (χ1v) is 9.24. The average Bonchev–Trinajstić information content (AvgIpc) is 3.43. The van der Waals surface area contributed by atoms with Crippen LogP contribution in [0.3, 0.4) is 0 Å². The summed E-state index contributed by atoms with van der Waals surface area (Å²) >= 11 is 1.16. The zero-order chi connectivity index (χ0) is 20.4. The van der Waals surface area contributed by atoms with E-state index in [-0.39, 0.29) is 17.5 Å². The Morgan fingerprint density at radius 1 is 1.10 bits per heavy atom. The minimum absolute atomic E-state index is 0.185. The summed E-state index contributed by atoms with van der Waals surface area (Å²) in [6, 6.07) is 11.7. The van der Waals surface area contributed by atoms with Crippen LogP contribution in [-0.4, -0.2) is 22.0 Å². The first-order chi connectivity index (χ1) is 14.0. The molecule has 2 amide bonds.